The van der Waals surface area contributed by atoms with Gasteiger partial charge in [0, 0.05) is 5.92 Å². The van der Waals surface area contributed by atoms with Crippen LogP contribution in [-0.2, 0) is 11.3 Å². The molecular weight excluding hydrogens is 258 g/mol. The highest BCUT2D eigenvalue weighted by Gasteiger charge is 2.18. The van der Waals surface area contributed by atoms with Crippen molar-refractivity contribution in [2.75, 3.05) is 0 Å². The molecule has 1 aromatic rings. The molecule has 0 atom stereocenters. The van der Waals surface area contributed by atoms with Crippen LogP contribution in [0.4, 0.5) is 0 Å². The molecule has 1 heterocycles. The Labute approximate surface area is 119 Å². The van der Waals surface area contributed by atoms with Gasteiger partial charge >= 0.3 is 5.97 Å². The number of furan rings is 1. The molecule has 20 heavy (non-hydrogen) atoms. The first kappa shape index (κ1) is 16.3. The Balaban J connectivity index is 2.59. The molecule has 1 amide bonds. The summed E-state index contributed by atoms with van der Waals surface area (Å²) in [5.41, 5.74) is 0.146. The second-order valence-corrected chi connectivity index (χ2v) is 4.98. The monoisotopic (exact) mass is 281 g/mol. The lowest BCUT2D eigenvalue weighted by Crippen LogP contribution is -2.30. The van der Waals surface area contributed by atoms with Crippen LogP contribution in [-0.4, -0.2) is 17.0 Å². The van der Waals surface area contributed by atoms with Crippen molar-refractivity contribution < 1.29 is 19.1 Å². The Morgan fingerprint density at radius 1 is 1.30 bits per heavy atom. The molecule has 0 aliphatic rings. The number of carboxylic acids is 1. The number of hydrogen-bond acceptors (Lipinski definition) is 3. The van der Waals surface area contributed by atoms with Crippen molar-refractivity contribution in [3.05, 3.63) is 23.2 Å². The number of carboxylic acid groups (broad SMARTS) is 1. The molecule has 0 unspecified atom stereocenters. The van der Waals surface area contributed by atoms with Gasteiger partial charge in [-0.25, -0.2) is 4.79 Å². The van der Waals surface area contributed by atoms with Crippen LogP contribution in [0.25, 0.3) is 0 Å². The first-order valence-corrected chi connectivity index (χ1v) is 7.09. The third-order valence-electron chi connectivity index (χ3n) is 3.28. The maximum atomic E-state index is 12.1. The highest BCUT2D eigenvalue weighted by atomic mass is 16.4. The molecule has 0 aromatic carbocycles. The first-order chi connectivity index (χ1) is 9.49. The summed E-state index contributed by atoms with van der Waals surface area (Å²) in [5, 5.41) is 11.8. The molecule has 0 aliphatic carbocycles. The van der Waals surface area contributed by atoms with E-state index < -0.39 is 5.97 Å². The van der Waals surface area contributed by atoms with Gasteiger partial charge in [-0.3, -0.25) is 4.79 Å². The smallest absolute Gasteiger partial charge is 0.339 e. The van der Waals surface area contributed by atoms with E-state index in [-0.39, 0.29) is 23.9 Å². The first-order valence-electron chi connectivity index (χ1n) is 7.09. The fraction of sp³-hybridized carbons (Fsp3) is 0.600. The maximum Gasteiger partial charge on any atom is 0.339 e. The quantitative estimate of drug-likeness (QED) is 0.767. The van der Waals surface area contributed by atoms with Crippen molar-refractivity contribution in [3.8, 4) is 0 Å². The van der Waals surface area contributed by atoms with Crippen molar-refractivity contribution >= 4 is 11.9 Å². The van der Waals surface area contributed by atoms with Gasteiger partial charge in [-0.05, 0) is 25.8 Å². The lowest BCUT2D eigenvalue weighted by molar-refractivity contribution is -0.125. The van der Waals surface area contributed by atoms with Crippen LogP contribution in [0.5, 0.6) is 0 Å². The molecule has 0 fully saturated rings. The van der Waals surface area contributed by atoms with E-state index in [1.807, 2.05) is 0 Å². The number of aromatic carboxylic acids is 1. The van der Waals surface area contributed by atoms with Gasteiger partial charge in [-0.15, -0.1) is 0 Å². The van der Waals surface area contributed by atoms with E-state index in [2.05, 4.69) is 19.2 Å². The SMILES string of the molecule is CCCC(CCC)C(=O)NCc1cc(C(=O)O)c(C)o1. The topological polar surface area (TPSA) is 79.5 Å². The van der Waals surface area contributed by atoms with Crippen molar-refractivity contribution in [1.29, 1.82) is 0 Å². The minimum Gasteiger partial charge on any atom is -0.478 e. The van der Waals surface area contributed by atoms with Gasteiger partial charge in [0.05, 0.1) is 6.54 Å². The number of amides is 1. The molecule has 0 saturated carbocycles. The molecule has 5 nitrogen and oxygen atoms in total. The van der Waals surface area contributed by atoms with Gasteiger partial charge in [0.15, 0.2) is 0 Å². The number of rotatable bonds is 8. The maximum absolute atomic E-state index is 12.1. The van der Waals surface area contributed by atoms with E-state index in [1.165, 1.54) is 6.07 Å². The van der Waals surface area contributed by atoms with Crippen LogP contribution in [0.2, 0.25) is 0 Å². The summed E-state index contributed by atoms with van der Waals surface area (Å²) in [7, 11) is 0. The van der Waals surface area contributed by atoms with E-state index in [0.717, 1.165) is 25.7 Å². The largest absolute Gasteiger partial charge is 0.478 e. The van der Waals surface area contributed by atoms with Crippen molar-refractivity contribution in [1.82, 2.24) is 5.32 Å². The predicted molar refractivity (Wildman–Crippen MR) is 75.6 cm³/mol. The van der Waals surface area contributed by atoms with Crippen molar-refractivity contribution in [2.45, 2.75) is 53.0 Å². The van der Waals surface area contributed by atoms with Gasteiger partial charge in [0.2, 0.25) is 5.91 Å². The summed E-state index contributed by atoms with van der Waals surface area (Å²) in [5.74, 6) is -0.140. The number of carbonyl (C=O) groups is 2. The molecule has 2 N–H and O–H groups in total. The van der Waals surface area contributed by atoms with E-state index in [9.17, 15) is 9.59 Å². The fourth-order valence-electron chi connectivity index (χ4n) is 2.27. The van der Waals surface area contributed by atoms with Crippen LogP contribution >= 0.6 is 0 Å². The average molecular weight is 281 g/mol. The predicted octanol–water partition coefficient (Wildman–Crippen LogP) is 3.12. The molecule has 0 spiro atoms. The Bertz CT molecular complexity index is 458. The summed E-state index contributed by atoms with van der Waals surface area (Å²) in [4.78, 5) is 23.0. The Morgan fingerprint density at radius 3 is 2.35 bits per heavy atom. The second-order valence-electron chi connectivity index (χ2n) is 4.98. The van der Waals surface area contributed by atoms with E-state index in [0.29, 0.717) is 11.5 Å². The van der Waals surface area contributed by atoms with Crippen LogP contribution < -0.4 is 5.32 Å². The average Bonchev–Trinajstić information content (AvgIpc) is 2.77. The zero-order valence-corrected chi connectivity index (χ0v) is 12.4. The minimum absolute atomic E-state index is 0.0135. The van der Waals surface area contributed by atoms with Crippen LogP contribution in [0, 0.1) is 12.8 Å². The minimum atomic E-state index is -1.02. The van der Waals surface area contributed by atoms with E-state index in [1.54, 1.807) is 6.92 Å². The number of aryl methyl sites for hydroxylation is 1. The third-order valence-corrected chi connectivity index (χ3v) is 3.28. The zero-order chi connectivity index (χ0) is 15.1. The van der Waals surface area contributed by atoms with Gasteiger partial charge in [-0.1, -0.05) is 26.7 Å². The molecule has 5 heteroatoms. The summed E-state index contributed by atoms with van der Waals surface area (Å²) < 4.78 is 5.33. The van der Waals surface area contributed by atoms with Crippen molar-refractivity contribution in [3.63, 3.8) is 0 Å². The Kier molecular flexibility index (Phi) is 6.28. The molecule has 1 aromatic heterocycles. The van der Waals surface area contributed by atoms with Gasteiger partial charge in [-0.2, -0.15) is 0 Å². The van der Waals surface area contributed by atoms with Gasteiger partial charge in [0.25, 0.3) is 0 Å². The van der Waals surface area contributed by atoms with Crippen molar-refractivity contribution in [2.24, 2.45) is 5.92 Å². The molecular formula is C15H23NO4. The normalized spacial score (nSPS) is 10.8. The van der Waals surface area contributed by atoms with Crippen LogP contribution in [0.15, 0.2) is 10.5 Å². The summed E-state index contributed by atoms with van der Waals surface area (Å²) in [6, 6.07) is 1.46. The van der Waals surface area contributed by atoms with Crippen LogP contribution in [0.3, 0.4) is 0 Å². The number of carbonyl (C=O) groups excluding carboxylic acids is 1. The lowest BCUT2D eigenvalue weighted by Gasteiger charge is -2.14. The molecule has 0 aliphatic heterocycles. The molecule has 0 radical (unpaired) electrons. The van der Waals surface area contributed by atoms with Gasteiger partial charge in [0.1, 0.15) is 17.1 Å². The van der Waals surface area contributed by atoms with Gasteiger partial charge < -0.3 is 14.8 Å². The Hall–Kier alpha value is -1.78. The standard InChI is InChI=1S/C15H23NO4/c1-4-6-11(7-5-2)14(17)16-9-12-8-13(15(18)19)10(3)20-12/h8,11H,4-7,9H2,1-3H3,(H,16,17)(H,18,19). The fourth-order valence-corrected chi connectivity index (χ4v) is 2.27. The Morgan fingerprint density at radius 2 is 1.90 bits per heavy atom. The highest BCUT2D eigenvalue weighted by Crippen LogP contribution is 2.16. The summed E-state index contributed by atoms with van der Waals surface area (Å²) in [6.45, 7) is 5.96. The third kappa shape index (κ3) is 4.40. The second kappa shape index (κ2) is 7.72. The number of nitrogens with one attached hydrogen (secondary N) is 1. The van der Waals surface area contributed by atoms with Crippen LogP contribution in [0.1, 0.15) is 61.4 Å². The van der Waals surface area contributed by atoms with E-state index in [4.69, 9.17) is 9.52 Å². The number of hydrogen-bond donors (Lipinski definition) is 2. The highest BCUT2D eigenvalue weighted by molar-refractivity contribution is 5.88. The molecule has 0 bridgehead atoms. The molecule has 0 saturated heterocycles. The summed E-state index contributed by atoms with van der Waals surface area (Å²) in [6.07, 6.45) is 3.69. The summed E-state index contributed by atoms with van der Waals surface area (Å²) >= 11 is 0. The molecule has 1 rings (SSSR count). The lowest BCUT2D eigenvalue weighted by atomic mass is 9.97. The van der Waals surface area contributed by atoms with E-state index >= 15 is 0 Å². The zero-order valence-electron chi connectivity index (χ0n) is 12.4. The molecule has 112 valence electrons.